The van der Waals surface area contributed by atoms with E-state index in [0.29, 0.717) is 6.54 Å². The molecule has 29 heavy (non-hydrogen) atoms. The van der Waals surface area contributed by atoms with Gasteiger partial charge in [0.15, 0.2) is 17.5 Å². The van der Waals surface area contributed by atoms with E-state index in [2.05, 4.69) is 4.98 Å². The van der Waals surface area contributed by atoms with E-state index in [-0.39, 0.29) is 26.6 Å². The number of ether oxygens (including phenoxy) is 1. The van der Waals surface area contributed by atoms with Gasteiger partial charge in [-0.05, 0) is 18.4 Å². The lowest BCUT2D eigenvalue weighted by molar-refractivity contribution is -0.121. The number of likely N-dealkylation sites (N-methyl/N-ethyl adjacent to an activating group) is 1. The summed E-state index contributed by atoms with van der Waals surface area (Å²) in [5.41, 5.74) is 6.04. The van der Waals surface area contributed by atoms with Crippen LogP contribution in [-0.4, -0.2) is 30.0 Å². The Kier molecular flexibility index (Phi) is 6.47. The summed E-state index contributed by atoms with van der Waals surface area (Å²) >= 11 is 17.7. The molecule has 0 spiro atoms. The highest BCUT2D eigenvalue weighted by molar-refractivity contribution is 6.46. The lowest BCUT2D eigenvalue weighted by Crippen LogP contribution is -2.34. The SMILES string of the molecule is CCN(C(=O)COC(=O)c1nc(Cl)c(Cl)c(N)c1Cl)c1cccc2ccccc12. The number of pyridine rings is 1. The second kappa shape index (κ2) is 8.86. The average Bonchev–Trinajstić information content (AvgIpc) is 2.73. The van der Waals surface area contributed by atoms with Crippen LogP contribution in [0.2, 0.25) is 15.2 Å². The summed E-state index contributed by atoms with van der Waals surface area (Å²) in [6, 6.07) is 13.4. The Labute approximate surface area is 182 Å². The highest BCUT2D eigenvalue weighted by atomic mass is 35.5. The molecule has 3 aromatic rings. The van der Waals surface area contributed by atoms with Crippen molar-refractivity contribution in [2.24, 2.45) is 0 Å². The van der Waals surface area contributed by atoms with E-state index in [1.54, 1.807) is 0 Å². The first kappa shape index (κ1) is 21.2. The summed E-state index contributed by atoms with van der Waals surface area (Å²) < 4.78 is 5.10. The third-order valence-corrected chi connectivity index (χ3v) is 5.40. The Morgan fingerprint density at radius 3 is 2.48 bits per heavy atom. The number of carbonyl (C=O) groups excluding carboxylic acids is 2. The fourth-order valence-electron chi connectivity index (χ4n) is 2.86. The van der Waals surface area contributed by atoms with Gasteiger partial charge in [0.1, 0.15) is 5.02 Å². The van der Waals surface area contributed by atoms with Crippen LogP contribution in [0, 0.1) is 0 Å². The Bertz CT molecular complexity index is 1100. The van der Waals surface area contributed by atoms with Crippen molar-refractivity contribution in [2.45, 2.75) is 6.92 Å². The largest absolute Gasteiger partial charge is 0.451 e. The Hall–Kier alpha value is -2.54. The number of fused-ring (bicyclic) bond motifs is 1. The van der Waals surface area contributed by atoms with Gasteiger partial charge in [0.2, 0.25) is 0 Å². The van der Waals surface area contributed by atoms with Crippen molar-refractivity contribution in [2.75, 3.05) is 23.8 Å². The van der Waals surface area contributed by atoms with Crippen LogP contribution in [0.5, 0.6) is 0 Å². The van der Waals surface area contributed by atoms with Gasteiger partial charge < -0.3 is 15.4 Å². The van der Waals surface area contributed by atoms with Crippen molar-refractivity contribution in [3.63, 3.8) is 0 Å². The minimum Gasteiger partial charge on any atom is -0.451 e. The summed E-state index contributed by atoms with van der Waals surface area (Å²) in [6.45, 7) is 1.72. The third-order valence-electron chi connectivity index (χ3n) is 4.27. The first-order chi connectivity index (χ1) is 13.8. The minimum atomic E-state index is -0.928. The quantitative estimate of drug-likeness (QED) is 0.435. The molecule has 1 heterocycles. The van der Waals surface area contributed by atoms with Gasteiger partial charge in [-0.25, -0.2) is 9.78 Å². The predicted octanol–water partition coefficient (Wildman–Crippen LogP) is 4.99. The highest BCUT2D eigenvalue weighted by Gasteiger charge is 2.23. The number of halogens is 3. The number of nitrogens with two attached hydrogens (primary N) is 1. The average molecular weight is 453 g/mol. The number of nitrogen functional groups attached to an aromatic ring is 1. The molecule has 0 atom stereocenters. The first-order valence-electron chi connectivity index (χ1n) is 8.60. The van der Waals surface area contributed by atoms with E-state index in [1.807, 2.05) is 49.4 Å². The molecule has 0 bridgehead atoms. The number of anilines is 2. The van der Waals surface area contributed by atoms with Gasteiger partial charge in [0, 0.05) is 11.9 Å². The number of esters is 1. The number of rotatable bonds is 5. The van der Waals surface area contributed by atoms with Gasteiger partial charge in [-0.2, -0.15) is 0 Å². The van der Waals surface area contributed by atoms with Gasteiger partial charge in [-0.1, -0.05) is 71.2 Å². The number of hydrogen-bond acceptors (Lipinski definition) is 5. The van der Waals surface area contributed by atoms with E-state index in [9.17, 15) is 9.59 Å². The summed E-state index contributed by atoms with van der Waals surface area (Å²) in [7, 11) is 0. The molecule has 0 saturated heterocycles. The van der Waals surface area contributed by atoms with Gasteiger partial charge in [-0.3, -0.25) is 4.79 Å². The normalized spacial score (nSPS) is 10.8. The molecule has 2 aromatic carbocycles. The van der Waals surface area contributed by atoms with Crippen LogP contribution in [0.4, 0.5) is 11.4 Å². The second-order valence-electron chi connectivity index (χ2n) is 6.01. The number of hydrogen-bond donors (Lipinski definition) is 1. The predicted molar refractivity (Wildman–Crippen MR) is 116 cm³/mol. The molecule has 1 amide bonds. The molecule has 9 heteroatoms. The fraction of sp³-hybridized carbons (Fsp3) is 0.150. The number of aromatic nitrogens is 1. The summed E-state index contributed by atoms with van der Waals surface area (Å²) in [4.78, 5) is 30.4. The molecule has 1 aromatic heterocycles. The number of amides is 1. The van der Waals surface area contributed by atoms with Crippen molar-refractivity contribution in [1.29, 1.82) is 0 Å². The Morgan fingerprint density at radius 2 is 1.76 bits per heavy atom. The minimum absolute atomic E-state index is 0.0580. The van der Waals surface area contributed by atoms with Crippen LogP contribution in [0.3, 0.4) is 0 Å². The smallest absolute Gasteiger partial charge is 0.359 e. The third kappa shape index (κ3) is 4.24. The van der Waals surface area contributed by atoms with E-state index in [4.69, 9.17) is 45.3 Å². The number of nitrogens with zero attached hydrogens (tertiary/aromatic N) is 2. The van der Waals surface area contributed by atoms with Crippen LogP contribution >= 0.6 is 34.8 Å². The lowest BCUT2D eigenvalue weighted by Gasteiger charge is -2.22. The van der Waals surface area contributed by atoms with E-state index >= 15 is 0 Å². The van der Waals surface area contributed by atoms with Crippen molar-refractivity contribution in [3.05, 3.63) is 63.4 Å². The van der Waals surface area contributed by atoms with Crippen molar-refractivity contribution in [3.8, 4) is 0 Å². The molecule has 0 aliphatic carbocycles. The standard InChI is InChI=1S/C20H16Cl3N3O3/c1-2-26(13-9-5-7-11-6-3-4-8-12(11)13)14(27)10-29-20(28)18-15(21)17(24)16(22)19(23)25-18/h3-9H,2,10H2,1H3,(H2,24,25). The first-order valence-corrected chi connectivity index (χ1v) is 9.73. The summed E-state index contributed by atoms with van der Waals surface area (Å²) in [5.74, 6) is -1.33. The van der Waals surface area contributed by atoms with Gasteiger partial charge in [0.05, 0.1) is 16.4 Å². The van der Waals surface area contributed by atoms with Crippen LogP contribution < -0.4 is 10.6 Å². The second-order valence-corrected chi connectivity index (χ2v) is 7.12. The molecular formula is C20H16Cl3N3O3. The van der Waals surface area contributed by atoms with Crippen LogP contribution in [-0.2, 0) is 9.53 Å². The van der Waals surface area contributed by atoms with Crippen LogP contribution in [0.15, 0.2) is 42.5 Å². The Balaban J connectivity index is 1.80. The monoisotopic (exact) mass is 451 g/mol. The van der Waals surface area contributed by atoms with Crippen molar-refractivity contribution < 1.29 is 14.3 Å². The van der Waals surface area contributed by atoms with Crippen LogP contribution in [0.1, 0.15) is 17.4 Å². The molecular weight excluding hydrogens is 437 g/mol. The van der Waals surface area contributed by atoms with E-state index in [0.717, 1.165) is 16.5 Å². The maximum absolute atomic E-state index is 12.8. The molecule has 2 N–H and O–H groups in total. The molecule has 6 nitrogen and oxygen atoms in total. The van der Waals surface area contributed by atoms with Gasteiger partial charge >= 0.3 is 5.97 Å². The number of carbonyl (C=O) groups is 2. The maximum atomic E-state index is 12.8. The van der Waals surface area contributed by atoms with Crippen molar-refractivity contribution >= 4 is 68.8 Å². The van der Waals surface area contributed by atoms with E-state index < -0.39 is 18.5 Å². The fourth-order valence-corrected chi connectivity index (χ4v) is 3.45. The maximum Gasteiger partial charge on any atom is 0.359 e. The van der Waals surface area contributed by atoms with E-state index in [1.165, 1.54) is 4.90 Å². The summed E-state index contributed by atoms with van der Waals surface area (Å²) in [5, 5.41) is 1.49. The molecule has 0 aliphatic heterocycles. The molecule has 0 radical (unpaired) electrons. The van der Waals surface area contributed by atoms with Crippen LogP contribution in [0.25, 0.3) is 10.8 Å². The van der Waals surface area contributed by atoms with Gasteiger partial charge in [-0.15, -0.1) is 0 Å². The molecule has 0 unspecified atom stereocenters. The molecule has 0 saturated carbocycles. The van der Waals surface area contributed by atoms with Gasteiger partial charge in [0.25, 0.3) is 5.91 Å². The lowest BCUT2D eigenvalue weighted by atomic mass is 10.1. The zero-order chi connectivity index (χ0) is 21.1. The zero-order valence-corrected chi connectivity index (χ0v) is 17.6. The number of benzene rings is 2. The van der Waals surface area contributed by atoms with Crippen molar-refractivity contribution in [1.82, 2.24) is 4.98 Å². The zero-order valence-electron chi connectivity index (χ0n) is 15.3. The molecule has 3 rings (SSSR count). The molecule has 0 aliphatic rings. The molecule has 0 fully saturated rings. The highest BCUT2D eigenvalue weighted by Crippen LogP contribution is 2.34. The summed E-state index contributed by atoms with van der Waals surface area (Å²) in [6.07, 6.45) is 0. The Morgan fingerprint density at radius 1 is 1.07 bits per heavy atom. The molecule has 150 valence electrons. The topological polar surface area (TPSA) is 85.5 Å².